The highest BCUT2D eigenvalue weighted by Gasteiger charge is 2.17. The fourth-order valence-corrected chi connectivity index (χ4v) is 4.05. The minimum Gasteiger partial charge on any atom is -0.306 e. The van der Waals surface area contributed by atoms with Crippen molar-refractivity contribution in [1.82, 2.24) is 5.32 Å². The Labute approximate surface area is 115 Å². The fourth-order valence-electron chi connectivity index (χ4n) is 2.25. The molecule has 1 aromatic carbocycles. The number of nitrogens with one attached hydrogen (secondary N) is 1. The quantitative estimate of drug-likeness (QED) is 0.729. The van der Waals surface area contributed by atoms with Gasteiger partial charge in [-0.2, -0.15) is 0 Å². The highest BCUT2D eigenvalue weighted by Crippen LogP contribution is 2.34. The van der Waals surface area contributed by atoms with Crippen LogP contribution in [0.4, 0.5) is 0 Å². The molecule has 0 amide bonds. The number of thiophene rings is 2. The average Bonchev–Trinajstić information content (AvgIpc) is 3.06. The molecule has 0 aliphatic carbocycles. The largest absolute Gasteiger partial charge is 0.306 e. The van der Waals surface area contributed by atoms with Gasteiger partial charge in [0, 0.05) is 9.58 Å². The lowest BCUT2D eigenvalue weighted by molar-refractivity contribution is 0.645. The molecule has 0 spiro atoms. The van der Waals surface area contributed by atoms with E-state index in [1.807, 2.05) is 22.7 Å². The summed E-state index contributed by atoms with van der Waals surface area (Å²) >= 11 is 3.65. The SMILES string of the molecule is CCNC(c1cccs1)c1csc2ccccc12. The van der Waals surface area contributed by atoms with E-state index in [0.29, 0.717) is 6.04 Å². The van der Waals surface area contributed by atoms with Gasteiger partial charge in [0.05, 0.1) is 6.04 Å². The van der Waals surface area contributed by atoms with Crippen LogP contribution in [0.1, 0.15) is 23.4 Å². The van der Waals surface area contributed by atoms with Gasteiger partial charge in [0.15, 0.2) is 0 Å². The van der Waals surface area contributed by atoms with Crippen LogP contribution in [0.2, 0.25) is 0 Å². The van der Waals surface area contributed by atoms with E-state index in [2.05, 4.69) is 59.4 Å². The Bertz CT molecular complexity index is 625. The maximum Gasteiger partial charge on any atom is 0.0685 e. The second kappa shape index (κ2) is 5.22. The molecule has 3 aromatic rings. The Morgan fingerprint density at radius 1 is 1.11 bits per heavy atom. The zero-order chi connectivity index (χ0) is 12.4. The van der Waals surface area contributed by atoms with Crippen molar-refractivity contribution in [1.29, 1.82) is 0 Å². The molecule has 0 fully saturated rings. The standard InChI is InChI=1S/C15H15NS2/c1-2-16-15(14-8-5-9-17-14)12-10-18-13-7-4-3-6-11(12)13/h3-10,15-16H,2H2,1H3. The van der Waals surface area contributed by atoms with E-state index in [-0.39, 0.29) is 0 Å². The number of benzene rings is 1. The molecule has 0 saturated carbocycles. The van der Waals surface area contributed by atoms with Gasteiger partial charge in [-0.15, -0.1) is 22.7 Å². The molecule has 0 saturated heterocycles. The summed E-state index contributed by atoms with van der Waals surface area (Å²) < 4.78 is 1.37. The fraction of sp³-hybridized carbons (Fsp3) is 0.200. The van der Waals surface area contributed by atoms with Crippen LogP contribution in [0.15, 0.2) is 47.2 Å². The van der Waals surface area contributed by atoms with Crippen LogP contribution < -0.4 is 5.32 Å². The molecule has 3 rings (SSSR count). The Hall–Kier alpha value is -1.16. The molecule has 1 nitrogen and oxygen atoms in total. The van der Waals surface area contributed by atoms with E-state index < -0.39 is 0 Å². The van der Waals surface area contributed by atoms with Crippen LogP contribution >= 0.6 is 22.7 Å². The Kier molecular flexibility index (Phi) is 3.46. The van der Waals surface area contributed by atoms with Crippen molar-refractivity contribution in [3.8, 4) is 0 Å². The van der Waals surface area contributed by atoms with Gasteiger partial charge < -0.3 is 5.32 Å². The molecule has 0 aliphatic heterocycles. The lowest BCUT2D eigenvalue weighted by atomic mass is 10.0. The van der Waals surface area contributed by atoms with Crippen LogP contribution in [0.25, 0.3) is 10.1 Å². The lowest BCUT2D eigenvalue weighted by Gasteiger charge is -2.16. The van der Waals surface area contributed by atoms with Crippen molar-refractivity contribution < 1.29 is 0 Å². The molecule has 0 radical (unpaired) electrons. The van der Waals surface area contributed by atoms with Gasteiger partial charge in [-0.3, -0.25) is 0 Å². The van der Waals surface area contributed by atoms with Crippen LogP contribution in [-0.4, -0.2) is 6.54 Å². The first-order valence-corrected chi connectivity index (χ1v) is 7.89. The van der Waals surface area contributed by atoms with Crippen molar-refractivity contribution in [3.63, 3.8) is 0 Å². The van der Waals surface area contributed by atoms with Gasteiger partial charge in [0.2, 0.25) is 0 Å². The minimum atomic E-state index is 0.325. The highest BCUT2D eigenvalue weighted by atomic mass is 32.1. The Morgan fingerprint density at radius 3 is 2.78 bits per heavy atom. The van der Waals surface area contributed by atoms with Gasteiger partial charge in [-0.1, -0.05) is 31.2 Å². The van der Waals surface area contributed by atoms with Crippen molar-refractivity contribution in [2.45, 2.75) is 13.0 Å². The second-order valence-corrected chi connectivity index (χ2v) is 6.08. The van der Waals surface area contributed by atoms with Crippen molar-refractivity contribution in [2.24, 2.45) is 0 Å². The Morgan fingerprint density at radius 2 is 2.00 bits per heavy atom. The second-order valence-electron chi connectivity index (χ2n) is 4.19. The highest BCUT2D eigenvalue weighted by molar-refractivity contribution is 7.17. The van der Waals surface area contributed by atoms with Crippen LogP contribution in [0.5, 0.6) is 0 Å². The molecule has 1 unspecified atom stereocenters. The third kappa shape index (κ3) is 2.09. The molecular formula is C15H15NS2. The number of rotatable bonds is 4. The van der Waals surface area contributed by atoms with E-state index in [9.17, 15) is 0 Å². The average molecular weight is 273 g/mol. The molecule has 0 bridgehead atoms. The summed E-state index contributed by atoms with van der Waals surface area (Å²) in [6, 6.07) is 13.3. The van der Waals surface area contributed by atoms with Crippen molar-refractivity contribution in [3.05, 3.63) is 57.6 Å². The smallest absolute Gasteiger partial charge is 0.0685 e. The maximum absolute atomic E-state index is 3.60. The van der Waals surface area contributed by atoms with Gasteiger partial charge in [0.1, 0.15) is 0 Å². The first kappa shape index (κ1) is 11.9. The predicted octanol–water partition coefficient (Wildman–Crippen LogP) is 4.66. The third-order valence-electron chi connectivity index (χ3n) is 3.06. The Balaban J connectivity index is 2.10. The first-order valence-electron chi connectivity index (χ1n) is 6.13. The molecule has 92 valence electrons. The van der Waals surface area contributed by atoms with Crippen molar-refractivity contribution in [2.75, 3.05) is 6.54 Å². The summed E-state index contributed by atoms with van der Waals surface area (Å²) in [4.78, 5) is 1.39. The normalized spacial score (nSPS) is 12.9. The monoisotopic (exact) mass is 273 g/mol. The third-order valence-corrected chi connectivity index (χ3v) is 4.98. The van der Waals surface area contributed by atoms with Gasteiger partial charge in [-0.05, 0) is 40.4 Å². The van der Waals surface area contributed by atoms with E-state index in [1.54, 1.807) is 0 Å². The summed E-state index contributed by atoms with van der Waals surface area (Å²) in [6.07, 6.45) is 0. The van der Waals surface area contributed by atoms with Gasteiger partial charge in [-0.25, -0.2) is 0 Å². The van der Waals surface area contributed by atoms with E-state index in [1.165, 1.54) is 20.5 Å². The molecule has 2 heterocycles. The number of hydrogen-bond acceptors (Lipinski definition) is 3. The maximum atomic E-state index is 3.60. The summed E-state index contributed by atoms with van der Waals surface area (Å²) in [6.45, 7) is 3.14. The summed E-state index contributed by atoms with van der Waals surface area (Å²) in [5, 5.41) is 9.41. The summed E-state index contributed by atoms with van der Waals surface area (Å²) in [7, 11) is 0. The minimum absolute atomic E-state index is 0.325. The number of fused-ring (bicyclic) bond motifs is 1. The topological polar surface area (TPSA) is 12.0 Å². The number of hydrogen-bond donors (Lipinski definition) is 1. The van der Waals surface area contributed by atoms with Crippen LogP contribution in [0, 0.1) is 0 Å². The molecule has 0 aliphatic rings. The molecule has 3 heteroatoms. The summed E-state index contributed by atoms with van der Waals surface area (Å²) in [5.41, 5.74) is 1.40. The lowest BCUT2D eigenvalue weighted by Crippen LogP contribution is -2.20. The van der Waals surface area contributed by atoms with Crippen LogP contribution in [0.3, 0.4) is 0 Å². The first-order chi connectivity index (χ1) is 8.90. The molecule has 18 heavy (non-hydrogen) atoms. The van der Waals surface area contributed by atoms with E-state index in [0.717, 1.165) is 6.54 Å². The molecular weight excluding hydrogens is 258 g/mol. The zero-order valence-electron chi connectivity index (χ0n) is 10.2. The van der Waals surface area contributed by atoms with E-state index in [4.69, 9.17) is 0 Å². The summed E-state index contributed by atoms with van der Waals surface area (Å²) in [5.74, 6) is 0. The zero-order valence-corrected chi connectivity index (χ0v) is 11.9. The van der Waals surface area contributed by atoms with Gasteiger partial charge >= 0.3 is 0 Å². The predicted molar refractivity (Wildman–Crippen MR) is 81.7 cm³/mol. The van der Waals surface area contributed by atoms with E-state index >= 15 is 0 Å². The van der Waals surface area contributed by atoms with Gasteiger partial charge in [0.25, 0.3) is 0 Å². The van der Waals surface area contributed by atoms with Crippen molar-refractivity contribution >= 4 is 32.8 Å². The van der Waals surface area contributed by atoms with Crippen LogP contribution in [-0.2, 0) is 0 Å². The molecule has 1 N–H and O–H groups in total. The molecule has 2 aromatic heterocycles. The molecule has 1 atom stereocenters.